The number of hydrogen-bond acceptors (Lipinski definition) is 3. The Morgan fingerprint density at radius 2 is 2.00 bits per heavy atom. The van der Waals surface area contributed by atoms with Crippen LogP contribution in [0.15, 0.2) is 30.3 Å². The quantitative estimate of drug-likeness (QED) is 0.745. The second-order valence-electron chi connectivity index (χ2n) is 4.59. The fourth-order valence-electron chi connectivity index (χ4n) is 2.07. The molecule has 19 heavy (non-hydrogen) atoms. The molecule has 0 unspecified atom stereocenters. The van der Waals surface area contributed by atoms with Crippen molar-refractivity contribution in [3.63, 3.8) is 0 Å². The Balaban J connectivity index is 2.17. The second kappa shape index (κ2) is 6.69. The van der Waals surface area contributed by atoms with E-state index in [9.17, 15) is 0 Å². The summed E-state index contributed by atoms with van der Waals surface area (Å²) in [6.45, 7) is 3.01. The highest BCUT2D eigenvalue weighted by molar-refractivity contribution is 5.30. The molecule has 1 aromatic carbocycles. The van der Waals surface area contributed by atoms with Crippen molar-refractivity contribution in [2.45, 2.75) is 39.2 Å². The summed E-state index contributed by atoms with van der Waals surface area (Å²) in [5.74, 6) is 0. The molecule has 4 heteroatoms. The third kappa shape index (κ3) is 3.41. The van der Waals surface area contributed by atoms with Crippen LogP contribution in [-0.2, 0) is 13.0 Å². The topological polar surface area (TPSA) is 54.5 Å². The van der Waals surface area contributed by atoms with Gasteiger partial charge in [-0.05, 0) is 12.0 Å². The maximum Gasteiger partial charge on any atom is 0.186 e. The lowest BCUT2D eigenvalue weighted by Gasteiger charge is -2.06. The van der Waals surface area contributed by atoms with Crippen molar-refractivity contribution in [3.8, 4) is 6.07 Å². The summed E-state index contributed by atoms with van der Waals surface area (Å²) in [7, 11) is 0. The highest BCUT2D eigenvalue weighted by Crippen LogP contribution is 2.13. The van der Waals surface area contributed by atoms with Gasteiger partial charge in [0.2, 0.25) is 0 Å². The van der Waals surface area contributed by atoms with E-state index in [1.54, 1.807) is 0 Å². The van der Waals surface area contributed by atoms with Gasteiger partial charge in [0.1, 0.15) is 6.07 Å². The van der Waals surface area contributed by atoms with Crippen LogP contribution in [0.5, 0.6) is 0 Å². The first-order valence-electron chi connectivity index (χ1n) is 6.71. The number of aryl methyl sites for hydroxylation is 1. The van der Waals surface area contributed by atoms with E-state index in [0.717, 1.165) is 18.7 Å². The minimum atomic E-state index is 0.445. The summed E-state index contributed by atoms with van der Waals surface area (Å²) >= 11 is 0. The van der Waals surface area contributed by atoms with Crippen molar-refractivity contribution >= 4 is 0 Å². The molecule has 1 heterocycles. The molecular weight excluding hydrogens is 236 g/mol. The first-order chi connectivity index (χ1) is 9.35. The number of benzene rings is 1. The van der Waals surface area contributed by atoms with Gasteiger partial charge >= 0.3 is 0 Å². The molecule has 0 amide bonds. The highest BCUT2D eigenvalue weighted by Gasteiger charge is 2.12. The van der Waals surface area contributed by atoms with Gasteiger partial charge in [0.25, 0.3) is 0 Å². The molecule has 1 aromatic heterocycles. The van der Waals surface area contributed by atoms with E-state index in [-0.39, 0.29) is 0 Å². The Bertz CT molecular complexity index is 551. The predicted octanol–water partition coefficient (Wildman–Crippen LogP) is 2.93. The van der Waals surface area contributed by atoms with E-state index in [4.69, 9.17) is 5.26 Å². The van der Waals surface area contributed by atoms with Crippen molar-refractivity contribution < 1.29 is 0 Å². The molecule has 0 atom stereocenters. The average Bonchev–Trinajstić information content (AvgIpc) is 2.83. The number of unbranched alkanes of at least 4 members (excludes halogenated alkanes) is 2. The summed E-state index contributed by atoms with van der Waals surface area (Å²) in [6, 6.07) is 12.3. The molecule has 2 aromatic rings. The molecule has 0 spiro atoms. The third-order valence-corrected chi connectivity index (χ3v) is 3.13. The summed E-state index contributed by atoms with van der Waals surface area (Å²) < 4.78 is 1.88. The van der Waals surface area contributed by atoms with Crippen molar-refractivity contribution in [2.24, 2.45) is 0 Å². The Kier molecular flexibility index (Phi) is 4.68. The Hall–Kier alpha value is -2.15. The monoisotopic (exact) mass is 254 g/mol. The molecule has 0 aliphatic heterocycles. The molecule has 2 rings (SSSR count). The van der Waals surface area contributed by atoms with Crippen molar-refractivity contribution in [2.75, 3.05) is 0 Å². The number of hydrogen-bond donors (Lipinski definition) is 0. The zero-order valence-corrected chi connectivity index (χ0v) is 11.2. The lowest BCUT2D eigenvalue weighted by Crippen LogP contribution is -2.06. The van der Waals surface area contributed by atoms with E-state index in [1.165, 1.54) is 18.4 Å². The van der Waals surface area contributed by atoms with Gasteiger partial charge < -0.3 is 0 Å². The zero-order valence-electron chi connectivity index (χ0n) is 11.2. The van der Waals surface area contributed by atoms with Crippen LogP contribution in [-0.4, -0.2) is 15.0 Å². The van der Waals surface area contributed by atoms with Gasteiger partial charge in [0.05, 0.1) is 5.69 Å². The third-order valence-electron chi connectivity index (χ3n) is 3.13. The average molecular weight is 254 g/mol. The normalized spacial score (nSPS) is 10.3. The lowest BCUT2D eigenvalue weighted by atomic mass is 10.1. The summed E-state index contributed by atoms with van der Waals surface area (Å²) in [5.41, 5.74) is 2.54. The van der Waals surface area contributed by atoms with Crippen LogP contribution in [0, 0.1) is 11.3 Å². The Morgan fingerprint density at radius 3 is 2.68 bits per heavy atom. The van der Waals surface area contributed by atoms with Gasteiger partial charge in [-0.2, -0.15) is 5.26 Å². The van der Waals surface area contributed by atoms with Crippen molar-refractivity contribution in [1.82, 2.24) is 15.0 Å². The fraction of sp³-hybridized carbons (Fsp3) is 0.400. The number of rotatable bonds is 6. The molecule has 0 aliphatic carbocycles. The second-order valence-corrected chi connectivity index (χ2v) is 4.59. The van der Waals surface area contributed by atoms with Crippen LogP contribution in [0.4, 0.5) is 0 Å². The molecule has 0 aliphatic rings. The number of aromatic nitrogens is 3. The molecule has 0 N–H and O–H groups in total. The molecule has 4 nitrogen and oxygen atoms in total. The van der Waals surface area contributed by atoms with Gasteiger partial charge in [-0.1, -0.05) is 55.3 Å². The zero-order chi connectivity index (χ0) is 13.5. The van der Waals surface area contributed by atoms with E-state index < -0.39 is 0 Å². The maximum atomic E-state index is 9.12. The van der Waals surface area contributed by atoms with E-state index in [0.29, 0.717) is 12.1 Å². The smallest absolute Gasteiger partial charge is 0.186 e. The molecule has 0 radical (unpaired) electrons. The van der Waals surface area contributed by atoms with Gasteiger partial charge in [-0.3, -0.25) is 0 Å². The van der Waals surface area contributed by atoms with E-state index >= 15 is 0 Å². The van der Waals surface area contributed by atoms with Gasteiger partial charge in [-0.15, -0.1) is 5.10 Å². The van der Waals surface area contributed by atoms with E-state index in [1.807, 2.05) is 22.9 Å². The van der Waals surface area contributed by atoms with Crippen LogP contribution in [0.25, 0.3) is 0 Å². The maximum absolute atomic E-state index is 9.12. The van der Waals surface area contributed by atoms with Gasteiger partial charge in [-0.25, -0.2) is 4.68 Å². The molecule has 0 fully saturated rings. The van der Waals surface area contributed by atoms with Crippen LogP contribution >= 0.6 is 0 Å². The lowest BCUT2D eigenvalue weighted by molar-refractivity contribution is 0.523. The molecule has 0 saturated heterocycles. The SMILES string of the molecule is CCCCCn1nnc(C#N)c1Cc1ccccc1. The number of nitrogens with zero attached hydrogens (tertiary/aromatic N) is 4. The van der Waals surface area contributed by atoms with Crippen LogP contribution in [0.2, 0.25) is 0 Å². The molecular formula is C15H18N4. The summed E-state index contributed by atoms with van der Waals surface area (Å²) in [5, 5.41) is 17.2. The van der Waals surface area contributed by atoms with Gasteiger partial charge in [0, 0.05) is 13.0 Å². The molecule has 0 bridgehead atoms. The Labute approximate surface area is 113 Å². The molecule has 0 saturated carbocycles. The first kappa shape index (κ1) is 13.3. The summed E-state index contributed by atoms with van der Waals surface area (Å²) in [6.07, 6.45) is 4.13. The highest BCUT2D eigenvalue weighted by atomic mass is 15.4. The first-order valence-corrected chi connectivity index (χ1v) is 6.71. The predicted molar refractivity (Wildman–Crippen MR) is 73.5 cm³/mol. The molecule has 98 valence electrons. The van der Waals surface area contributed by atoms with Crippen molar-refractivity contribution in [3.05, 3.63) is 47.3 Å². The van der Waals surface area contributed by atoms with Crippen LogP contribution in [0.1, 0.15) is 43.1 Å². The minimum absolute atomic E-state index is 0.445. The number of nitriles is 1. The Morgan fingerprint density at radius 1 is 1.21 bits per heavy atom. The summed E-state index contributed by atoms with van der Waals surface area (Å²) in [4.78, 5) is 0. The minimum Gasteiger partial charge on any atom is -0.248 e. The van der Waals surface area contributed by atoms with Crippen LogP contribution < -0.4 is 0 Å². The standard InChI is InChI=1S/C15H18N4/c1-2-3-7-10-19-15(14(12-16)17-18-19)11-13-8-5-4-6-9-13/h4-6,8-9H,2-3,7,10-11H2,1H3. The van der Waals surface area contributed by atoms with Crippen LogP contribution in [0.3, 0.4) is 0 Å². The van der Waals surface area contributed by atoms with Crippen molar-refractivity contribution in [1.29, 1.82) is 5.26 Å². The fourth-order valence-corrected chi connectivity index (χ4v) is 2.07. The van der Waals surface area contributed by atoms with E-state index in [2.05, 4.69) is 35.4 Å². The largest absolute Gasteiger partial charge is 0.248 e. The van der Waals surface area contributed by atoms with Gasteiger partial charge in [0.15, 0.2) is 5.69 Å².